The smallest absolute Gasteiger partial charge is 0.245 e. The molecule has 376 valence electrons. The third-order valence-electron chi connectivity index (χ3n) is 13.0. The van der Waals surface area contributed by atoms with E-state index in [2.05, 4.69) is 36.9 Å². The minimum Gasteiger partial charge on any atom is -0.361 e. The number of nitrogens with one attached hydrogen (secondary N) is 7. The van der Waals surface area contributed by atoms with Gasteiger partial charge in [-0.3, -0.25) is 33.6 Å². The van der Waals surface area contributed by atoms with Gasteiger partial charge in [-0.25, -0.2) is 0 Å². The van der Waals surface area contributed by atoms with E-state index in [0.29, 0.717) is 51.6 Å². The van der Waals surface area contributed by atoms with Crippen LogP contribution in [0.25, 0.3) is 10.9 Å². The molecule has 0 unspecified atom stereocenters. The van der Waals surface area contributed by atoms with E-state index in [0.717, 1.165) is 33.2 Å². The molecule has 1 saturated heterocycles. The van der Waals surface area contributed by atoms with Crippen LogP contribution in [0.15, 0.2) is 121 Å². The number of rotatable bonds is 12. The summed E-state index contributed by atoms with van der Waals surface area (Å²) in [5.41, 5.74) is 9.78. The average Bonchev–Trinajstić information content (AvgIpc) is 3.79. The number of fused-ring (bicyclic) bond motifs is 1. The number of benzene rings is 4. The van der Waals surface area contributed by atoms with E-state index >= 15 is 0 Å². The van der Waals surface area contributed by atoms with Crippen molar-refractivity contribution in [3.63, 3.8) is 0 Å². The number of H-pyrrole nitrogens is 1. The van der Waals surface area contributed by atoms with Gasteiger partial charge in [-0.15, -0.1) is 0 Å². The van der Waals surface area contributed by atoms with Crippen molar-refractivity contribution in [2.24, 2.45) is 5.73 Å². The van der Waals surface area contributed by atoms with Gasteiger partial charge in [-0.2, -0.15) is 0 Å². The first-order valence-corrected chi connectivity index (χ1v) is 24.8. The largest absolute Gasteiger partial charge is 0.361 e. The molecule has 0 spiro atoms. The summed E-state index contributed by atoms with van der Waals surface area (Å²) in [7, 11) is 1.48. The summed E-state index contributed by atoms with van der Waals surface area (Å²) in [4.78, 5) is 104. The Morgan fingerprint density at radius 2 is 1.00 bits per heavy atom. The Morgan fingerprint density at radius 1 is 0.521 bits per heavy atom. The molecule has 2 heterocycles. The summed E-state index contributed by atoms with van der Waals surface area (Å²) >= 11 is 0. The lowest BCUT2D eigenvalue weighted by Crippen LogP contribution is -2.60. The third kappa shape index (κ3) is 16.1. The maximum atomic E-state index is 14.8. The van der Waals surface area contributed by atoms with E-state index in [1.165, 1.54) is 11.9 Å². The first kappa shape index (κ1) is 53.0. The summed E-state index contributed by atoms with van der Waals surface area (Å²) in [5.74, 6) is -3.73. The van der Waals surface area contributed by atoms with Crippen LogP contribution in [0.2, 0.25) is 0 Å². The lowest BCUT2D eigenvalue weighted by atomic mass is 10.00. The van der Waals surface area contributed by atoms with Crippen LogP contribution >= 0.6 is 0 Å². The second-order valence-corrected chi connectivity index (χ2v) is 18.4. The van der Waals surface area contributed by atoms with Gasteiger partial charge in [0.05, 0.1) is 0 Å². The number of aromatic amines is 1. The van der Waals surface area contributed by atoms with Gasteiger partial charge < -0.3 is 47.5 Å². The molecule has 5 aromatic rings. The molecule has 9 N–H and O–H groups in total. The Bertz CT molecular complexity index is 2540. The van der Waals surface area contributed by atoms with Crippen LogP contribution in [-0.4, -0.2) is 108 Å². The van der Waals surface area contributed by atoms with Gasteiger partial charge in [0, 0.05) is 62.8 Å². The molecule has 1 aromatic heterocycles. The Kier molecular flexibility index (Phi) is 20.3. The SMILES string of the molecule is C[C@H]1C(=O)N[C@@H](Cc2ccccc2)C(=O)NCCCCCCC(=O)N[C@@H](Cc2ccccc2)C(=O)N[C@@H](Cc2ccccc2)C(=O)N[C@H](Cc2c[nH]c3ccccc23)C(=O)N[C@@H](CCCCN)C(=O)N1C. The molecule has 0 radical (unpaired) electrons. The summed E-state index contributed by atoms with van der Waals surface area (Å²) < 4.78 is 0. The molecule has 4 aromatic carbocycles. The summed E-state index contributed by atoms with van der Waals surface area (Å²) in [5, 5.41) is 18.4. The van der Waals surface area contributed by atoms with E-state index in [9.17, 15) is 33.6 Å². The van der Waals surface area contributed by atoms with Crippen LogP contribution < -0.4 is 37.6 Å². The number of unbranched alkanes of at least 4 members (excludes halogenated alkanes) is 1. The van der Waals surface area contributed by atoms with E-state index in [1.807, 2.05) is 115 Å². The fourth-order valence-corrected chi connectivity index (χ4v) is 8.74. The second kappa shape index (κ2) is 27.2. The standard InChI is InChI=1S/C55H69N9O7/c1-37-50(66)61-45(32-38-20-8-5-9-21-38)51(67)57-31-19-4-3-14-29-49(65)59-46(33-39-22-10-6-11-23-39)52(68)62-47(34-40-24-12-7-13-25-40)53(69)63-48(35-41-36-58-43-27-16-15-26-42(41)43)54(70)60-44(28-17-18-30-56)55(71)64(37)2/h5-13,15-16,20-27,36-37,44-48,58H,3-4,14,17-19,28-35,56H2,1-2H3,(H,57,67)(H,59,65)(H,60,70)(H,61,66)(H,62,68)(H,63,69)/t37-,44-,45-,46-,47-,48+/m0/s1. The van der Waals surface area contributed by atoms with Crippen LogP contribution in [0.1, 0.15) is 80.5 Å². The van der Waals surface area contributed by atoms with Gasteiger partial charge in [0.15, 0.2) is 0 Å². The highest BCUT2D eigenvalue weighted by Gasteiger charge is 2.35. The molecule has 1 fully saturated rings. The molecule has 16 nitrogen and oxygen atoms in total. The van der Waals surface area contributed by atoms with Crippen molar-refractivity contribution in [1.82, 2.24) is 41.8 Å². The minimum absolute atomic E-state index is 0.00348. The maximum Gasteiger partial charge on any atom is 0.245 e. The van der Waals surface area contributed by atoms with Crippen LogP contribution in [0.5, 0.6) is 0 Å². The molecule has 6 rings (SSSR count). The molecule has 0 aliphatic carbocycles. The van der Waals surface area contributed by atoms with Gasteiger partial charge in [0.1, 0.15) is 36.3 Å². The molecule has 16 heteroatoms. The quantitative estimate of drug-likeness (QED) is 0.0852. The lowest BCUT2D eigenvalue weighted by molar-refractivity contribution is -0.142. The van der Waals surface area contributed by atoms with Crippen molar-refractivity contribution in [3.8, 4) is 0 Å². The van der Waals surface area contributed by atoms with Crippen LogP contribution in [0.3, 0.4) is 0 Å². The first-order chi connectivity index (χ1) is 34.4. The summed E-state index contributed by atoms with van der Waals surface area (Å²) in [6.45, 7) is 2.24. The zero-order valence-corrected chi connectivity index (χ0v) is 40.8. The lowest BCUT2D eigenvalue weighted by Gasteiger charge is -2.31. The van der Waals surface area contributed by atoms with Crippen molar-refractivity contribution < 1.29 is 33.6 Å². The number of nitrogens with zero attached hydrogens (tertiary/aromatic N) is 1. The Labute approximate surface area is 416 Å². The molecule has 6 atom stereocenters. The van der Waals surface area contributed by atoms with Crippen molar-refractivity contribution in [2.75, 3.05) is 20.1 Å². The fraction of sp³-hybridized carbons (Fsp3) is 0.400. The zero-order chi connectivity index (χ0) is 50.5. The molecular formula is C55H69N9O7. The number of amides is 7. The molecule has 0 saturated carbocycles. The normalized spacial score (nSPS) is 22.1. The number of nitrogens with two attached hydrogens (primary N) is 1. The van der Waals surface area contributed by atoms with Gasteiger partial charge in [0.2, 0.25) is 41.4 Å². The maximum absolute atomic E-state index is 14.8. The summed E-state index contributed by atoms with van der Waals surface area (Å²) in [6.07, 6.45) is 6.07. The zero-order valence-electron chi connectivity index (χ0n) is 40.8. The Hall–Kier alpha value is -7.33. The van der Waals surface area contributed by atoms with Gasteiger partial charge >= 0.3 is 0 Å². The second-order valence-electron chi connectivity index (χ2n) is 18.4. The Morgan fingerprint density at radius 3 is 1.58 bits per heavy atom. The van der Waals surface area contributed by atoms with E-state index in [-0.39, 0.29) is 50.3 Å². The van der Waals surface area contributed by atoms with E-state index in [1.54, 1.807) is 13.1 Å². The Balaban J connectivity index is 1.34. The highest BCUT2D eigenvalue weighted by Crippen LogP contribution is 2.20. The van der Waals surface area contributed by atoms with Gasteiger partial charge in [-0.05, 0) is 73.9 Å². The number of carbonyl (C=O) groups excluding carboxylic acids is 7. The van der Waals surface area contributed by atoms with Crippen molar-refractivity contribution in [2.45, 2.75) is 120 Å². The monoisotopic (exact) mass is 968 g/mol. The predicted octanol–water partition coefficient (Wildman–Crippen LogP) is 3.92. The highest BCUT2D eigenvalue weighted by molar-refractivity contribution is 5.97. The van der Waals surface area contributed by atoms with Gasteiger partial charge in [-0.1, -0.05) is 122 Å². The van der Waals surface area contributed by atoms with Crippen molar-refractivity contribution >= 4 is 52.3 Å². The number of para-hydroxylation sites is 1. The van der Waals surface area contributed by atoms with Gasteiger partial charge in [0.25, 0.3) is 0 Å². The van der Waals surface area contributed by atoms with Crippen molar-refractivity contribution in [1.29, 1.82) is 0 Å². The third-order valence-corrected chi connectivity index (χ3v) is 13.0. The predicted molar refractivity (Wildman–Crippen MR) is 273 cm³/mol. The molecule has 1 aliphatic rings. The van der Waals surface area contributed by atoms with Crippen LogP contribution in [0.4, 0.5) is 0 Å². The summed E-state index contributed by atoms with van der Waals surface area (Å²) in [6, 6.07) is 28.6. The number of aromatic nitrogens is 1. The topological polar surface area (TPSA) is 237 Å². The molecule has 7 amide bonds. The first-order valence-electron chi connectivity index (χ1n) is 24.8. The number of carbonyl (C=O) groups is 7. The van der Waals surface area contributed by atoms with Crippen molar-refractivity contribution in [3.05, 3.63) is 144 Å². The molecular weight excluding hydrogens is 899 g/mol. The molecule has 0 bridgehead atoms. The highest BCUT2D eigenvalue weighted by atomic mass is 16.2. The number of likely N-dealkylation sites (N-methyl/N-ethyl adjacent to an activating group) is 1. The minimum atomic E-state index is -1.26. The molecule has 1 aliphatic heterocycles. The van der Waals surface area contributed by atoms with Crippen LogP contribution in [0, 0.1) is 0 Å². The number of hydrogen-bond acceptors (Lipinski definition) is 8. The number of hydrogen-bond donors (Lipinski definition) is 8. The van der Waals surface area contributed by atoms with E-state index < -0.39 is 65.8 Å². The van der Waals surface area contributed by atoms with Crippen LogP contribution in [-0.2, 0) is 59.2 Å². The average molecular weight is 968 g/mol. The fourth-order valence-electron chi connectivity index (χ4n) is 8.74. The molecule has 71 heavy (non-hydrogen) atoms. The van der Waals surface area contributed by atoms with E-state index in [4.69, 9.17) is 5.73 Å².